The first kappa shape index (κ1) is 17.5. The fourth-order valence-corrected chi connectivity index (χ4v) is 2.65. The molecule has 1 heterocycles. The van der Waals surface area contributed by atoms with E-state index in [-0.39, 0.29) is 0 Å². The number of benzene rings is 1. The summed E-state index contributed by atoms with van der Waals surface area (Å²) >= 11 is 0. The molecule has 0 amide bonds. The number of methoxy groups -OCH3 is 1. The molecule has 0 aliphatic rings. The number of pyridine rings is 1. The Morgan fingerprint density at radius 1 is 1.22 bits per heavy atom. The van der Waals surface area contributed by atoms with Gasteiger partial charge in [-0.05, 0) is 50.9 Å². The van der Waals surface area contributed by atoms with Crippen LogP contribution in [0.15, 0.2) is 30.5 Å². The quantitative estimate of drug-likeness (QED) is 0.685. The summed E-state index contributed by atoms with van der Waals surface area (Å²) in [6.07, 6.45) is 4.12. The topological polar surface area (TPSA) is 46.2 Å². The molecule has 0 aliphatic heterocycles. The van der Waals surface area contributed by atoms with Crippen LogP contribution in [-0.4, -0.2) is 31.2 Å². The van der Waals surface area contributed by atoms with Crippen molar-refractivity contribution in [2.75, 3.05) is 25.5 Å². The first-order chi connectivity index (χ1) is 11.1. The summed E-state index contributed by atoms with van der Waals surface area (Å²) in [7, 11) is 1.70. The lowest BCUT2D eigenvalue weighted by molar-refractivity contribution is 0.415. The van der Waals surface area contributed by atoms with Gasteiger partial charge in [0.2, 0.25) is 0 Å². The minimum absolute atomic E-state index is 0.396. The van der Waals surface area contributed by atoms with Gasteiger partial charge >= 0.3 is 0 Å². The lowest BCUT2D eigenvalue weighted by atomic mass is 10.1. The Morgan fingerprint density at radius 2 is 2.04 bits per heavy atom. The van der Waals surface area contributed by atoms with E-state index in [1.165, 1.54) is 0 Å². The largest absolute Gasteiger partial charge is 0.497 e. The van der Waals surface area contributed by atoms with Crippen LogP contribution in [0.4, 0.5) is 5.69 Å². The first-order valence-electron chi connectivity index (χ1n) is 8.50. The predicted octanol–water partition coefficient (Wildman–Crippen LogP) is 4.07. The van der Waals surface area contributed by atoms with Gasteiger partial charge in [-0.1, -0.05) is 19.9 Å². The van der Waals surface area contributed by atoms with Gasteiger partial charge in [0.25, 0.3) is 0 Å². The number of hydrogen-bond donors (Lipinski definition) is 2. The molecule has 0 spiro atoms. The van der Waals surface area contributed by atoms with Gasteiger partial charge in [-0.3, -0.25) is 4.98 Å². The maximum atomic E-state index is 5.40. The molecular formula is C19H29N3O. The second-order valence-corrected chi connectivity index (χ2v) is 6.54. The second-order valence-electron chi connectivity index (χ2n) is 6.54. The van der Waals surface area contributed by atoms with Crippen molar-refractivity contribution in [2.24, 2.45) is 5.92 Å². The van der Waals surface area contributed by atoms with Crippen LogP contribution in [-0.2, 0) is 0 Å². The minimum Gasteiger partial charge on any atom is -0.497 e. The molecule has 1 atom stereocenters. The summed E-state index contributed by atoms with van der Waals surface area (Å²) in [5.41, 5.74) is 2.04. The number of aromatic nitrogens is 1. The molecule has 0 aliphatic carbocycles. The van der Waals surface area contributed by atoms with Gasteiger partial charge in [0.1, 0.15) is 5.75 Å². The van der Waals surface area contributed by atoms with Crippen LogP contribution in [0.2, 0.25) is 0 Å². The SMILES string of the molecule is COc1cc(NC(C)CCCNCC(C)C)c2ncccc2c1. The van der Waals surface area contributed by atoms with E-state index in [4.69, 9.17) is 4.74 Å². The Labute approximate surface area is 139 Å². The number of anilines is 1. The van der Waals surface area contributed by atoms with E-state index in [0.717, 1.165) is 48.3 Å². The van der Waals surface area contributed by atoms with Gasteiger partial charge in [0.15, 0.2) is 0 Å². The van der Waals surface area contributed by atoms with Crippen LogP contribution < -0.4 is 15.4 Å². The Morgan fingerprint density at radius 3 is 2.78 bits per heavy atom. The smallest absolute Gasteiger partial charge is 0.121 e. The normalized spacial score (nSPS) is 12.6. The highest BCUT2D eigenvalue weighted by Gasteiger charge is 2.09. The van der Waals surface area contributed by atoms with Crippen molar-refractivity contribution < 1.29 is 4.74 Å². The van der Waals surface area contributed by atoms with Crippen LogP contribution in [0.1, 0.15) is 33.6 Å². The summed E-state index contributed by atoms with van der Waals surface area (Å²) < 4.78 is 5.40. The Kier molecular flexibility index (Phi) is 6.66. The molecule has 4 nitrogen and oxygen atoms in total. The lowest BCUT2D eigenvalue weighted by Gasteiger charge is -2.17. The Bertz CT molecular complexity index is 613. The second kappa shape index (κ2) is 8.73. The van der Waals surface area contributed by atoms with E-state index < -0.39 is 0 Å². The molecule has 4 heteroatoms. The van der Waals surface area contributed by atoms with Crippen LogP contribution in [0, 0.1) is 5.92 Å². The number of hydrogen-bond acceptors (Lipinski definition) is 4. The van der Waals surface area contributed by atoms with E-state index in [0.29, 0.717) is 12.0 Å². The standard InChI is InChI=1S/C19H29N3O/c1-14(2)13-20-9-5-7-15(3)22-18-12-17(23-4)11-16-8-6-10-21-19(16)18/h6,8,10-12,14-15,20,22H,5,7,9,13H2,1-4H3. The summed E-state index contributed by atoms with van der Waals surface area (Å²) in [4.78, 5) is 4.51. The van der Waals surface area contributed by atoms with Crippen LogP contribution in [0.5, 0.6) is 5.75 Å². The molecule has 0 fully saturated rings. The van der Waals surface area contributed by atoms with Gasteiger partial charge < -0.3 is 15.4 Å². The lowest BCUT2D eigenvalue weighted by Crippen LogP contribution is -2.23. The van der Waals surface area contributed by atoms with E-state index in [2.05, 4.69) is 42.5 Å². The highest BCUT2D eigenvalue weighted by atomic mass is 16.5. The number of rotatable bonds is 9. The van der Waals surface area contributed by atoms with Gasteiger partial charge in [0.05, 0.1) is 18.3 Å². The molecule has 23 heavy (non-hydrogen) atoms. The van der Waals surface area contributed by atoms with Crippen LogP contribution in [0.25, 0.3) is 10.9 Å². The van der Waals surface area contributed by atoms with Crippen molar-refractivity contribution in [1.29, 1.82) is 0 Å². The zero-order chi connectivity index (χ0) is 16.7. The van der Waals surface area contributed by atoms with Crippen LogP contribution in [0.3, 0.4) is 0 Å². The third-order valence-electron chi connectivity index (χ3n) is 3.86. The summed E-state index contributed by atoms with van der Waals surface area (Å²) in [5, 5.41) is 8.18. The molecule has 0 saturated heterocycles. The molecule has 0 bridgehead atoms. The fourth-order valence-electron chi connectivity index (χ4n) is 2.65. The third-order valence-corrected chi connectivity index (χ3v) is 3.86. The maximum absolute atomic E-state index is 5.40. The zero-order valence-corrected chi connectivity index (χ0v) is 14.7. The van der Waals surface area contributed by atoms with E-state index in [1.807, 2.05) is 24.4 Å². The molecule has 1 aromatic carbocycles. The van der Waals surface area contributed by atoms with Crippen molar-refractivity contribution in [1.82, 2.24) is 10.3 Å². The summed E-state index contributed by atoms with van der Waals surface area (Å²) in [6, 6.07) is 8.47. The van der Waals surface area contributed by atoms with Crippen molar-refractivity contribution in [3.05, 3.63) is 30.5 Å². The number of nitrogens with one attached hydrogen (secondary N) is 2. The minimum atomic E-state index is 0.396. The molecular weight excluding hydrogens is 286 g/mol. The van der Waals surface area contributed by atoms with Gasteiger partial charge in [-0.2, -0.15) is 0 Å². The van der Waals surface area contributed by atoms with Crippen molar-refractivity contribution >= 4 is 16.6 Å². The van der Waals surface area contributed by atoms with E-state index in [1.54, 1.807) is 7.11 Å². The monoisotopic (exact) mass is 315 g/mol. The third kappa shape index (κ3) is 5.39. The number of ether oxygens (including phenoxy) is 1. The summed E-state index contributed by atoms with van der Waals surface area (Å²) in [5.74, 6) is 1.57. The average molecular weight is 315 g/mol. The van der Waals surface area contributed by atoms with Crippen molar-refractivity contribution in [2.45, 2.75) is 39.7 Å². The molecule has 1 unspecified atom stereocenters. The molecule has 126 valence electrons. The highest BCUT2D eigenvalue weighted by molar-refractivity contribution is 5.91. The number of nitrogens with zero attached hydrogens (tertiary/aromatic N) is 1. The van der Waals surface area contributed by atoms with Crippen molar-refractivity contribution in [3.63, 3.8) is 0 Å². The fraction of sp³-hybridized carbons (Fsp3) is 0.526. The maximum Gasteiger partial charge on any atom is 0.121 e. The van der Waals surface area contributed by atoms with Crippen molar-refractivity contribution in [3.8, 4) is 5.75 Å². The summed E-state index contributed by atoms with van der Waals surface area (Å²) in [6.45, 7) is 8.85. The molecule has 2 aromatic rings. The number of fused-ring (bicyclic) bond motifs is 1. The molecule has 0 radical (unpaired) electrons. The van der Waals surface area contributed by atoms with E-state index in [9.17, 15) is 0 Å². The molecule has 2 N–H and O–H groups in total. The first-order valence-corrected chi connectivity index (χ1v) is 8.50. The average Bonchev–Trinajstić information content (AvgIpc) is 2.54. The Hall–Kier alpha value is -1.81. The van der Waals surface area contributed by atoms with Gasteiger partial charge in [-0.25, -0.2) is 0 Å². The van der Waals surface area contributed by atoms with Gasteiger partial charge in [-0.15, -0.1) is 0 Å². The predicted molar refractivity (Wildman–Crippen MR) is 98.3 cm³/mol. The zero-order valence-electron chi connectivity index (χ0n) is 14.7. The van der Waals surface area contributed by atoms with Crippen LogP contribution >= 0.6 is 0 Å². The molecule has 2 rings (SSSR count). The Balaban J connectivity index is 1.95. The molecule has 1 aromatic heterocycles. The van der Waals surface area contributed by atoms with Gasteiger partial charge in [0, 0.05) is 23.7 Å². The van der Waals surface area contributed by atoms with E-state index >= 15 is 0 Å². The highest BCUT2D eigenvalue weighted by Crippen LogP contribution is 2.28. The molecule has 0 saturated carbocycles.